The molecule has 1 aromatic heterocycles. The van der Waals surface area contributed by atoms with E-state index in [2.05, 4.69) is 6.58 Å². The lowest BCUT2D eigenvalue weighted by molar-refractivity contribution is -0.121. The highest BCUT2D eigenvalue weighted by Gasteiger charge is 2.31. The third-order valence-electron chi connectivity index (χ3n) is 3.42. The number of rotatable bonds is 4. The Balaban J connectivity index is 1.84. The first-order valence-electron chi connectivity index (χ1n) is 7.11. The van der Waals surface area contributed by atoms with Gasteiger partial charge in [-0.25, -0.2) is 0 Å². The van der Waals surface area contributed by atoms with E-state index in [0.29, 0.717) is 21.5 Å². The van der Waals surface area contributed by atoms with Crippen LogP contribution in [0, 0.1) is 6.92 Å². The lowest BCUT2D eigenvalue weighted by Crippen LogP contribution is -2.27. The van der Waals surface area contributed by atoms with Gasteiger partial charge in [0, 0.05) is 18.2 Å². The molecule has 0 bridgehead atoms. The van der Waals surface area contributed by atoms with Gasteiger partial charge in [-0.05, 0) is 19.1 Å². The van der Waals surface area contributed by atoms with E-state index in [1.807, 2.05) is 43.3 Å². The molecule has 116 valence electrons. The van der Waals surface area contributed by atoms with Crippen LogP contribution in [0.25, 0.3) is 17.4 Å². The Morgan fingerprint density at radius 1 is 1.26 bits per heavy atom. The highest BCUT2D eigenvalue weighted by atomic mass is 32.2. The van der Waals surface area contributed by atoms with Crippen molar-refractivity contribution in [3.8, 4) is 11.3 Å². The minimum atomic E-state index is -0.104. The van der Waals surface area contributed by atoms with E-state index in [1.54, 1.807) is 12.2 Å². The van der Waals surface area contributed by atoms with Crippen LogP contribution in [0.3, 0.4) is 0 Å². The van der Waals surface area contributed by atoms with Gasteiger partial charge in [-0.1, -0.05) is 59.9 Å². The van der Waals surface area contributed by atoms with Crippen LogP contribution in [-0.2, 0) is 4.79 Å². The zero-order valence-corrected chi connectivity index (χ0v) is 14.2. The van der Waals surface area contributed by atoms with E-state index in [-0.39, 0.29) is 5.91 Å². The number of benzene rings is 1. The maximum Gasteiger partial charge on any atom is 0.266 e. The number of carbonyl (C=O) groups excluding carboxylic acids is 1. The number of thiocarbonyl (C=S) groups is 1. The summed E-state index contributed by atoms with van der Waals surface area (Å²) >= 11 is 6.50. The number of aryl methyl sites for hydroxylation is 1. The van der Waals surface area contributed by atoms with Gasteiger partial charge >= 0.3 is 0 Å². The molecule has 1 aliphatic rings. The second-order valence-corrected chi connectivity index (χ2v) is 6.82. The van der Waals surface area contributed by atoms with E-state index in [1.165, 1.54) is 22.2 Å². The number of hydrogen-bond acceptors (Lipinski definition) is 4. The molecule has 0 spiro atoms. The Kier molecular flexibility index (Phi) is 4.50. The molecule has 3 nitrogen and oxygen atoms in total. The monoisotopic (exact) mass is 341 g/mol. The van der Waals surface area contributed by atoms with Crippen molar-refractivity contribution in [2.75, 3.05) is 6.54 Å². The first kappa shape index (κ1) is 15.8. The van der Waals surface area contributed by atoms with E-state index in [4.69, 9.17) is 16.6 Å². The lowest BCUT2D eigenvalue weighted by Gasteiger charge is -2.10. The maximum atomic E-state index is 12.3. The first-order valence-corrected chi connectivity index (χ1v) is 8.34. The summed E-state index contributed by atoms with van der Waals surface area (Å²) in [5.41, 5.74) is 2.21. The van der Waals surface area contributed by atoms with Crippen LogP contribution >= 0.6 is 24.0 Å². The second kappa shape index (κ2) is 6.56. The zero-order valence-electron chi connectivity index (χ0n) is 12.6. The molecular weight excluding hydrogens is 326 g/mol. The molecule has 1 aromatic carbocycles. The quantitative estimate of drug-likeness (QED) is 0.461. The third kappa shape index (κ3) is 3.30. The number of nitrogens with zero attached hydrogens (tertiary/aromatic N) is 1. The standard InChI is InChI=1S/C18H15NO2S2/c1-3-10-19-17(20)16(23-18(19)22)11-14-8-9-15(21-14)13-6-4-12(2)5-7-13/h3-9,11H,1,10H2,2H3/b16-11-. The molecule has 2 aromatic rings. The van der Waals surface area contributed by atoms with Crippen LogP contribution in [0.15, 0.2) is 58.4 Å². The maximum absolute atomic E-state index is 12.3. The number of furan rings is 1. The van der Waals surface area contributed by atoms with E-state index in [9.17, 15) is 4.79 Å². The van der Waals surface area contributed by atoms with Crippen molar-refractivity contribution in [1.29, 1.82) is 0 Å². The molecule has 0 saturated carbocycles. The molecule has 0 N–H and O–H groups in total. The van der Waals surface area contributed by atoms with Crippen molar-refractivity contribution in [2.24, 2.45) is 0 Å². The predicted octanol–water partition coefficient (Wildman–Crippen LogP) is 4.64. The largest absolute Gasteiger partial charge is 0.457 e. The van der Waals surface area contributed by atoms with Gasteiger partial charge in [0.2, 0.25) is 0 Å². The second-order valence-electron chi connectivity index (χ2n) is 5.15. The molecule has 1 aliphatic heterocycles. The summed E-state index contributed by atoms with van der Waals surface area (Å²) in [7, 11) is 0. The average Bonchev–Trinajstić information content (AvgIpc) is 3.09. The van der Waals surface area contributed by atoms with Gasteiger partial charge in [-0.3, -0.25) is 9.69 Å². The Morgan fingerprint density at radius 2 is 2.00 bits per heavy atom. The Morgan fingerprint density at radius 3 is 2.70 bits per heavy atom. The SMILES string of the molecule is C=CCN1C(=O)/C(=C/c2ccc(-c3ccc(C)cc3)o2)SC1=S. The summed E-state index contributed by atoms with van der Waals surface area (Å²) in [6, 6.07) is 11.9. The van der Waals surface area contributed by atoms with Crippen LogP contribution in [-0.4, -0.2) is 21.7 Å². The van der Waals surface area contributed by atoms with E-state index < -0.39 is 0 Å². The Labute approximate surface area is 144 Å². The Hall–Kier alpha value is -2.11. The van der Waals surface area contributed by atoms with Crippen molar-refractivity contribution in [3.63, 3.8) is 0 Å². The van der Waals surface area contributed by atoms with Crippen molar-refractivity contribution in [2.45, 2.75) is 6.92 Å². The van der Waals surface area contributed by atoms with Gasteiger partial charge in [-0.15, -0.1) is 6.58 Å². The van der Waals surface area contributed by atoms with Crippen molar-refractivity contribution in [3.05, 3.63) is 65.3 Å². The molecule has 3 rings (SSSR count). The van der Waals surface area contributed by atoms with Gasteiger partial charge in [-0.2, -0.15) is 0 Å². The molecule has 0 radical (unpaired) electrons. The summed E-state index contributed by atoms with van der Waals surface area (Å²) in [4.78, 5) is 14.4. The topological polar surface area (TPSA) is 33.5 Å². The minimum Gasteiger partial charge on any atom is -0.457 e. The molecule has 0 unspecified atom stereocenters. The average molecular weight is 341 g/mol. The van der Waals surface area contributed by atoms with Gasteiger partial charge in [0.25, 0.3) is 5.91 Å². The molecule has 2 heterocycles. The number of carbonyl (C=O) groups is 1. The molecule has 0 aliphatic carbocycles. The van der Waals surface area contributed by atoms with Crippen molar-refractivity contribution in [1.82, 2.24) is 4.90 Å². The van der Waals surface area contributed by atoms with Crippen LogP contribution in [0.2, 0.25) is 0 Å². The zero-order chi connectivity index (χ0) is 16.4. The van der Waals surface area contributed by atoms with Gasteiger partial charge in [0.1, 0.15) is 15.8 Å². The lowest BCUT2D eigenvalue weighted by atomic mass is 10.1. The fraction of sp³-hybridized carbons (Fsp3) is 0.111. The molecule has 5 heteroatoms. The van der Waals surface area contributed by atoms with Crippen LogP contribution < -0.4 is 0 Å². The Bertz CT molecular complexity index is 803. The molecule has 0 atom stereocenters. The summed E-state index contributed by atoms with van der Waals surface area (Å²) in [5.74, 6) is 1.31. The van der Waals surface area contributed by atoms with Gasteiger partial charge in [0.05, 0.1) is 4.91 Å². The normalized spacial score (nSPS) is 16.4. The van der Waals surface area contributed by atoms with E-state index >= 15 is 0 Å². The minimum absolute atomic E-state index is 0.104. The highest BCUT2D eigenvalue weighted by Crippen LogP contribution is 2.33. The molecule has 1 saturated heterocycles. The van der Waals surface area contributed by atoms with Crippen LogP contribution in [0.4, 0.5) is 0 Å². The number of hydrogen-bond donors (Lipinski definition) is 0. The molecule has 1 fully saturated rings. The van der Waals surface area contributed by atoms with Gasteiger partial charge < -0.3 is 4.42 Å². The predicted molar refractivity (Wildman–Crippen MR) is 99.0 cm³/mol. The van der Waals surface area contributed by atoms with Crippen molar-refractivity contribution < 1.29 is 9.21 Å². The first-order chi connectivity index (χ1) is 11.1. The number of thioether (sulfide) groups is 1. The van der Waals surface area contributed by atoms with Crippen LogP contribution in [0.5, 0.6) is 0 Å². The third-order valence-corrected chi connectivity index (χ3v) is 4.80. The number of amides is 1. The van der Waals surface area contributed by atoms with E-state index in [0.717, 1.165) is 11.3 Å². The smallest absolute Gasteiger partial charge is 0.266 e. The summed E-state index contributed by atoms with van der Waals surface area (Å²) in [6.07, 6.45) is 3.40. The molecule has 23 heavy (non-hydrogen) atoms. The highest BCUT2D eigenvalue weighted by molar-refractivity contribution is 8.26. The molecular formula is C18H15NO2S2. The summed E-state index contributed by atoms with van der Waals surface area (Å²) in [6.45, 7) is 6.11. The fourth-order valence-electron chi connectivity index (χ4n) is 2.22. The summed E-state index contributed by atoms with van der Waals surface area (Å²) < 4.78 is 6.37. The van der Waals surface area contributed by atoms with Crippen LogP contribution in [0.1, 0.15) is 11.3 Å². The van der Waals surface area contributed by atoms with Crippen molar-refractivity contribution >= 4 is 40.3 Å². The molecule has 1 amide bonds. The van der Waals surface area contributed by atoms with Gasteiger partial charge in [0.15, 0.2) is 0 Å². The summed E-state index contributed by atoms with van der Waals surface area (Å²) in [5, 5.41) is 0. The fourth-order valence-corrected chi connectivity index (χ4v) is 3.47.